The fourth-order valence-corrected chi connectivity index (χ4v) is 4.93. The first-order chi connectivity index (χ1) is 12.4. The first kappa shape index (κ1) is 19.1. The molecule has 134 valence electrons. The highest BCUT2D eigenvalue weighted by atomic mass is 35.5. The van der Waals surface area contributed by atoms with Crippen molar-refractivity contribution in [2.45, 2.75) is 26.2 Å². The van der Waals surface area contributed by atoms with Crippen molar-refractivity contribution < 1.29 is 4.79 Å². The van der Waals surface area contributed by atoms with Gasteiger partial charge in [-0.05, 0) is 61.2 Å². The van der Waals surface area contributed by atoms with Crippen LogP contribution in [-0.4, -0.2) is 11.0 Å². The van der Waals surface area contributed by atoms with Crippen LogP contribution in [0.5, 0.6) is 0 Å². The summed E-state index contributed by atoms with van der Waals surface area (Å²) in [6.07, 6.45) is 2.94. The average molecular weight is 424 g/mol. The Morgan fingerprint density at radius 3 is 2.92 bits per heavy atom. The number of carbonyl (C=O) groups is 1. The maximum absolute atomic E-state index is 12.4. The van der Waals surface area contributed by atoms with Gasteiger partial charge in [-0.1, -0.05) is 30.1 Å². The Bertz CT molecular complexity index is 933. The zero-order valence-electron chi connectivity index (χ0n) is 13.9. The van der Waals surface area contributed by atoms with E-state index < -0.39 is 5.91 Å². The van der Waals surface area contributed by atoms with Gasteiger partial charge < -0.3 is 5.32 Å². The highest BCUT2D eigenvalue weighted by Crippen LogP contribution is 2.39. The molecule has 1 heterocycles. The standard InChI is InChI=1S/C18H15Cl2N3OS2/c1-9-2-4-11-13(8-21)17(26-15(11)6-9)23-18(25)22-16(24)12-7-10(19)3-5-14(12)20/h3,5,7,9H,2,4,6H2,1H3,(H2,22,23,24,25)/t9-/m0/s1. The van der Waals surface area contributed by atoms with Crippen LogP contribution in [0.3, 0.4) is 0 Å². The first-order valence-corrected chi connectivity index (χ1v) is 9.99. The van der Waals surface area contributed by atoms with E-state index in [-0.39, 0.29) is 15.7 Å². The highest BCUT2D eigenvalue weighted by molar-refractivity contribution is 7.80. The Labute approximate surface area is 171 Å². The molecular formula is C18H15Cl2N3OS2. The number of thiocarbonyl (C=S) groups is 1. The van der Waals surface area contributed by atoms with Crippen LogP contribution < -0.4 is 10.6 Å². The molecule has 26 heavy (non-hydrogen) atoms. The number of halogens is 2. The minimum absolute atomic E-state index is 0.120. The Morgan fingerprint density at radius 2 is 2.19 bits per heavy atom. The third kappa shape index (κ3) is 4.02. The van der Waals surface area contributed by atoms with Crippen LogP contribution in [0.25, 0.3) is 0 Å². The Hall–Kier alpha value is -1.65. The summed E-state index contributed by atoms with van der Waals surface area (Å²) in [6.45, 7) is 2.21. The van der Waals surface area contributed by atoms with Crippen LogP contribution in [0.15, 0.2) is 18.2 Å². The number of benzene rings is 1. The van der Waals surface area contributed by atoms with E-state index in [9.17, 15) is 10.1 Å². The van der Waals surface area contributed by atoms with Crippen molar-refractivity contribution in [3.63, 3.8) is 0 Å². The van der Waals surface area contributed by atoms with Crippen LogP contribution in [0.4, 0.5) is 5.00 Å². The second-order valence-corrected chi connectivity index (χ2v) is 8.56. The quantitative estimate of drug-likeness (QED) is 0.653. The fraction of sp³-hybridized carbons (Fsp3) is 0.278. The summed E-state index contributed by atoms with van der Waals surface area (Å²) in [5.41, 5.74) is 1.96. The summed E-state index contributed by atoms with van der Waals surface area (Å²) < 4.78 is 0. The lowest BCUT2D eigenvalue weighted by Gasteiger charge is -2.17. The molecule has 1 aliphatic carbocycles. The predicted octanol–water partition coefficient (Wildman–Crippen LogP) is 5.18. The SMILES string of the molecule is C[C@H]1CCc2c(sc(NC(=S)NC(=O)c3cc(Cl)ccc3Cl)c2C#N)C1. The summed E-state index contributed by atoms with van der Waals surface area (Å²) in [6, 6.07) is 6.90. The molecule has 1 aromatic heterocycles. The molecule has 1 atom stereocenters. The van der Waals surface area contributed by atoms with E-state index in [1.165, 1.54) is 22.3 Å². The number of anilines is 1. The monoisotopic (exact) mass is 423 g/mol. The van der Waals surface area contributed by atoms with Gasteiger partial charge in [0.15, 0.2) is 5.11 Å². The van der Waals surface area contributed by atoms with Crippen molar-refractivity contribution in [2.75, 3.05) is 5.32 Å². The van der Waals surface area contributed by atoms with Crippen molar-refractivity contribution in [1.29, 1.82) is 5.26 Å². The van der Waals surface area contributed by atoms with Crippen molar-refractivity contribution in [2.24, 2.45) is 5.92 Å². The second-order valence-electron chi connectivity index (χ2n) is 6.20. The third-order valence-electron chi connectivity index (χ3n) is 4.25. The van der Waals surface area contributed by atoms with Crippen LogP contribution in [0.2, 0.25) is 10.0 Å². The number of hydrogen-bond acceptors (Lipinski definition) is 4. The summed E-state index contributed by atoms with van der Waals surface area (Å²) in [4.78, 5) is 13.6. The van der Waals surface area contributed by atoms with E-state index in [4.69, 9.17) is 35.4 Å². The smallest absolute Gasteiger partial charge is 0.258 e. The maximum Gasteiger partial charge on any atom is 0.258 e. The Kier molecular flexibility index (Phi) is 5.83. The number of hydrogen-bond donors (Lipinski definition) is 2. The number of nitriles is 1. The van der Waals surface area contributed by atoms with E-state index in [0.717, 1.165) is 24.8 Å². The normalized spacial score (nSPS) is 15.7. The first-order valence-electron chi connectivity index (χ1n) is 8.01. The van der Waals surface area contributed by atoms with E-state index in [2.05, 4.69) is 23.6 Å². The molecule has 2 N–H and O–H groups in total. The van der Waals surface area contributed by atoms with Gasteiger partial charge in [-0.25, -0.2) is 0 Å². The van der Waals surface area contributed by atoms with Gasteiger partial charge in [0.2, 0.25) is 0 Å². The molecule has 1 amide bonds. The number of rotatable bonds is 2. The van der Waals surface area contributed by atoms with Crippen LogP contribution in [-0.2, 0) is 12.8 Å². The van der Waals surface area contributed by atoms with E-state index >= 15 is 0 Å². The van der Waals surface area contributed by atoms with Crippen LogP contribution >= 0.6 is 46.8 Å². The molecule has 4 nitrogen and oxygen atoms in total. The predicted molar refractivity (Wildman–Crippen MR) is 110 cm³/mol. The Morgan fingerprint density at radius 1 is 1.42 bits per heavy atom. The molecule has 0 fully saturated rings. The number of nitrogens with zero attached hydrogens (tertiary/aromatic N) is 1. The van der Waals surface area contributed by atoms with Crippen molar-refractivity contribution in [1.82, 2.24) is 5.32 Å². The number of thiophene rings is 1. The van der Waals surface area contributed by atoms with Gasteiger partial charge >= 0.3 is 0 Å². The molecule has 3 rings (SSSR count). The number of amides is 1. The molecule has 0 saturated heterocycles. The molecule has 0 saturated carbocycles. The molecule has 2 aromatic rings. The molecule has 0 radical (unpaired) electrons. The van der Waals surface area contributed by atoms with Crippen molar-refractivity contribution in [3.05, 3.63) is 49.8 Å². The zero-order valence-corrected chi connectivity index (χ0v) is 17.0. The largest absolute Gasteiger partial charge is 0.323 e. The molecule has 0 unspecified atom stereocenters. The molecule has 1 aliphatic rings. The van der Waals surface area contributed by atoms with E-state index in [0.29, 0.717) is 21.5 Å². The zero-order chi connectivity index (χ0) is 18.8. The summed E-state index contributed by atoms with van der Waals surface area (Å²) >= 11 is 18.7. The van der Waals surface area contributed by atoms with Crippen molar-refractivity contribution in [3.8, 4) is 6.07 Å². The van der Waals surface area contributed by atoms with Crippen LogP contribution in [0, 0.1) is 17.2 Å². The van der Waals surface area contributed by atoms with Crippen molar-refractivity contribution >= 4 is 62.8 Å². The van der Waals surface area contributed by atoms with Gasteiger partial charge in [0.25, 0.3) is 5.91 Å². The summed E-state index contributed by atoms with van der Waals surface area (Å²) in [7, 11) is 0. The van der Waals surface area contributed by atoms with E-state index in [1.54, 1.807) is 12.1 Å². The molecule has 1 aromatic carbocycles. The molecule has 0 aliphatic heterocycles. The number of fused-ring (bicyclic) bond motifs is 1. The Balaban J connectivity index is 1.76. The van der Waals surface area contributed by atoms with Gasteiger partial charge in [0.05, 0.1) is 16.1 Å². The molecule has 0 spiro atoms. The van der Waals surface area contributed by atoms with E-state index in [1.807, 2.05) is 0 Å². The lowest BCUT2D eigenvalue weighted by molar-refractivity contribution is 0.0978. The third-order valence-corrected chi connectivity index (χ3v) is 6.19. The molecular weight excluding hydrogens is 409 g/mol. The second kappa shape index (κ2) is 7.93. The molecule has 0 bridgehead atoms. The van der Waals surface area contributed by atoms with Gasteiger partial charge in [-0.15, -0.1) is 11.3 Å². The fourth-order valence-electron chi connectivity index (χ4n) is 2.93. The average Bonchev–Trinajstić information content (AvgIpc) is 2.92. The topological polar surface area (TPSA) is 64.9 Å². The van der Waals surface area contributed by atoms with Gasteiger partial charge in [0.1, 0.15) is 11.1 Å². The minimum atomic E-state index is -0.455. The van der Waals surface area contributed by atoms with Gasteiger partial charge in [-0.3, -0.25) is 10.1 Å². The minimum Gasteiger partial charge on any atom is -0.323 e. The number of carbonyl (C=O) groups excluding carboxylic acids is 1. The van der Waals surface area contributed by atoms with Crippen LogP contribution in [0.1, 0.15) is 39.7 Å². The highest BCUT2D eigenvalue weighted by Gasteiger charge is 2.24. The maximum atomic E-state index is 12.4. The summed E-state index contributed by atoms with van der Waals surface area (Å²) in [5, 5.41) is 16.6. The summed E-state index contributed by atoms with van der Waals surface area (Å²) in [5.74, 6) is 0.153. The lowest BCUT2D eigenvalue weighted by Crippen LogP contribution is -2.34. The number of nitrogens with one attached hydrogen (secondary N) is 2. The van der Waals surface area contributed by atoms with Gasteiger partial charge in [0, 0.05) is 9.90 Å². The lowest BCUT2D eigenvalue weighted by atomic mass is 9.89. The van der Waals surface area contributed by atoms with Gasteiger partial charge in [-0.2, -0.15) is 5.26 Å². The molecule has 8 heteroatoms.